The fraction of sp³-hybridized carbons (Fsp3) is 0.452. The maximum absolute atomic E-state index is 11.4. The molecule has 0 spiro atoms. The minimum Gasteiger partial charge on any atom is -0.478 e. The first-order valence-corrected chi connectivity index (χ1v) is 14.4. The maximum Gasteiger partial charge on any atom is 0.335 e. The van der Waals surface area contributed by atoms with Crippen LogP contribution >= 0.6 is 11.9 Å². The van der Waals surface area contributed by atoms with Crippen LogP contribution in [0.15, 0.2) is 53.4 Å². The topological polar surface area (TPSA) is 96.4 Å². The van der Waals surface area contributed by atoms with Gasteiger partial charge in [0.15, 0.2) is 0 Å². The van der Waals surface area contributed by atoms with E-state index in [-0.39, 0.29) is 11.6 Å². The molecule has 1 aromatic heterocycles. The molecule has 39 heavy (non-hydrogen) atoms. The number of carbonyl (C=O) groups is 1. The summed E-state index contributed by atoms with van der Waals surface area (Å²) in [5.41, 5.74) is 4.73. The second kappa shape index (κ2) is 12.4. The number of nitrogens with one attached hydrogen (secondary N) is 2. The molecule has 0 radical (unpaired) electrons. The molecule has 1 aliphatic carbocycles. The van der Waals surface area contributed by atoms with Gasteiger partial charge < -0.3 is 15.2 Å². The number of anilines is 1. The van der Waals surface area contributed by atoms with Crippen molar-refractivity contribution in [3.63, 3.8) is 0 Å². The molecule has 4 rings (SSSR count). The molecule has 0 bridgehead atoms. The van der Waals surface area contributed by atoms with Gasteiger partial charge in [-0.1, -0.05) is 52.0 Å². The van der Waals surface area contributed by atoms with Crippen molar-refractivity contribution in [1.29, 1.82) is 0 Å². The molecule has 0 amide bonds. The van der Waals surface area contributed by atoms with Gasteiger partial charge in [0.05, 0.1) is 11.3 Å². The predicted octanol–water partition coefficient (Wildman–Crippen LogP) is 7.15. The Bertz CT molecular complexity index is 1280. The van der Waals surface area contributed by atoms with Crippen LogP contribution in [0.5, 0.6) is 5.88 Å². The second-order valence-electron chi connectivity index (χ2n) is 11.8. The van der Waals surface area contributed by atoms with Gasteiger partial charge in [0, 0.05) is 28.6 Å². The highest BCUT2D eigenvalue weighted by Gasteiger charge is 2.37. The number of aromatic nitrogens is 2. The van der Waals surface area contributed by atoms with E-state index in [0.717, 1.165) is 33.7 Å². The Labute approximate surface area is 236 Å². The van der Waals surface area contributed by atoms with Crippen LogP contribution in [0, 0.1) is 25.2 Å². The summed E-state index contributed by atoms with van der Waals surface area (Å²) in [4.78, 5) is 21.6. The quantitative estimate of drug-likeness (QED) is 0.205. The van der Waals surface area contributed by atoms with Gasteiger partial charge in [0.2, 0.25) is 11.8 Å². The Morgan fingerprint density at radius 1 is 1.10 bits per heavy atom. The molecule has 0 aliphatic heterocycles. The molecule has 1 atom stereocenters. The summed E-state index contributed by atoms with van der Waals surface area (Å²) in [5, 5.41) is 13.1. The SMILES string of the molecule is Cc1cccc(C)c1-c1cc(OCC(CC(C)C)NC2CC(C)(C)C2)nc(NSc2cccc(C(=O)O)c2)n1. The zero-order valence-electron chi connectivity index (χ0n) is 23.7. The Hall–Kier alpha value is -3.10. The van der Waals surface area contributed by atoms with Gasteiger partial charge in [-0.15, -0.1) is 0 Å². The second-order valence-corrected chi connectivity index (χ2v) is 12.7. The summed E-state index contributed by atoms with van der Waals surface area (Å²) >= 11 is 1.27. The summed E-state index contributed by atoms with van der Waals surface area (Å²) in [5.74, 6) is 0.501. The molecule has 1 saturated carbocycles. The van der Waals surface area contributed by atoms with Crippen LogP contribution in [0.25, 0.3) is 11.3 Å². The highest BCUT2D eigenvalue weighted by Crippen LogP contribution is 2.40. The van der Waals surface area contributed by atoms with E-state index in [1.807, 2.05) is 18.2 Å². The van der Waals surface area contributed by atoms with Crippen molar-refractivity contribution in [3.8, 4) is 17.1 Å². The van der Waals surface area contributed by atoms with Gasteiger partial charge in [-0.2, -0.15) is 4.98 Å². The van der Waals surface area contributed by atoms with Crippen LogP contribution in [0.4, 0.5) is 5.95 Å². The highest BCUT2D eigenvalue weighted by atomic mass is 32.2. The molecule has 0 saturated heterocycles. The number of ether oxygens (including phenoxy) is 1. The van der Waals surface area contributed by atoms with E-state index in [2.05, 4.69) is 68.7 Å². The summed E-state index contributed by atoms with van der Waals surface area (Å²) in [6.45, 7) is 13.8. The standard InChI is InChI=1S/C31H40N4O3S/c1-19(2)13-23(32-24-16-31(5,6)17-24)18-38-27-15-26(28-20(3)9-7-10-21(28)4)33-30(34-27)35-39-25-12-8-11-22(14-25)29(36)37/h7-12,14-15,19,23-24,32H,13,16-18H2,1-6H3,(H,36,37)(H,33,34,35). The van der Waals surface area contributed by atoms with Gasteiger partial charge in [-0.05, 0) is 85.7 Å². The lowest BCUT2D eigenvalue weighted by atomic mass is 9.68. The monoisotopic (exact) mass is 548 g/mol. The van der Waals surface area contributed by atoms with Gasteiger partial charge in [0.1, 0.15) is 6.61 Å². The van der Waals surface area contributed by atoms with Crippen molar-refractivity contribution >= 4 is 23.9 Å². The van der Waals surface area contributed by atoms with E-state index in [0.29, 0.717) is 35.8 Å². The predicted molar refractivity (Wildman–Crippen MR) is 158 cm³/mol. The van der Waals surface area contributed by atoms with Crippen LogP contribution in [0.3, 0.4) is 0 Å². The fourth-order valence-electron chi connectivity index (χ4n) is 5.35. The summed E-state index contributed by atoms with van der Waals surface area (Å²) < 4.78 is 9.54. The molecule has 7 nitrogen and oxygen atoms in total. The van der Waals surface area contributed by atoms with Crippen LogP contribution in [0.2, 0.25) is 0 Å². The molecular weight excluding hydrogens is 508 g/mol. The number of carboxylic acid groups (broad SMARTS) is 1. The third-order valence-corrected chi connectivity index (χ3v) is 7.81. The van der Waals surface area contributed by atoms with Crippen LogP contribution in [0.1, 0.15) is 68.4 Å². The van der Waals surface area contributed by atoms with Crippen molar-refractivity contribution in [3.05, 3.63) is 65.2 Å². The van der Waals surface area contributed by atoms with Gasteiger partial charge in [-0.25, -0.2) is 9.78 Å². The van der Waals surface area contributed by atoms with Crippen molar-refractivity contribution in [1.82, 2.24) is 15.3 Å². The zero-order chi connectivity index (χ0) is 28.2. The van der Waals surface area contributed by atoms with E-state index in [1.54, 1.807) is 18.2 Å². The molecule has 1 unspecified atom stereocenters. The lowest BCUT2D eigenvalue weighted by Crippen LogP contribution is -2.51. The maximum atomic E-state index is 11.4. The van der Waals surface area contributed by atoms with Gasteiger partial charge in [0.25, 0.3) is 0 Å². The van der Waals surface area contributed by atoms with Crippen molar-refractivity contribution in [2.75, 3.05) is 11.3 Å². The van der Waals surface area contributed by atoms with Gasteiger partial charge >= 0.3 is 5.97 Å². The number of nitrogens with zero attached hydrogens (tertiary/aromatic N) is 2. The summed E-state index contributed by atoms with van der Waals surface area (Å²) in [6, 6.07) is 15.6. The van der Waals surface area contributed by atoms with Crippen molar-refractivity contribution < 1.29 is 14.6 Å². The number of hydrogen-bond donors (Lipinski definition) is 3. The van der Waals surface area contributed by atoms with E-state index in [1.165, 1.54) is 24.8 Å². The van der Waals surface area contributed by atoms with Crippen molar-refractivity contribution in [2.45, 2.75) is 77.8 Å². The number of hydrogen-bond acceptors (Lipinski definition) is 7. The third-order valence-electron chi connectivity index (χ3n) is 7.04. The molecule has 208 valence electrons. The number of benzene rings is 2. The van der Waals surface area contributed by atoms with Crippen LogP contribution in [-0.4, -0.2) is 39.7 Å². The van der Waals surface area contributed by atoms with Crippen LogP contribution in [-0.2, 0) is 0 Å². The number of carboxylic acids is 1. The van der Waals surface area contributed by atoms with Gasteiger partial charge in [-0.3, -0.25) is 4.72 Å². The van der Waals surface area contributed by atoms with E-state index in [4.69, 9.17) is 9.72 Å². The molecule has 3 aromatic rings. The molecule has 8 heteroatoms. The largest absolute Gasteiger partial charge is 0.478 e. The molecular formula is C31H40N4O3S. The average Bonchev–Trinajstić information content (AvgIpc) is 2.84. The fourth-order valence-corrected chi connectivity index (χ4v) is 5.99. The lowest BCUT2D eigenvalue weighted by Gasteiger charge is -2.44. The Morgan fingerprint density at radius 2 is 1.79 bits per heavy atom. The van der Waals surface area contributed by atoms with Crippen LogP contribution < -0.4 is 14.8 Å². The molecule has 1 aliphatic rings. The minimum absolute atomic E-state index is 0.231. The molecule has 1 heterocycles. The zero-order valence-corrected chi connectivity index (χ0v) is 24.6. The first-order valence-electron chi connectivity index (χ1n) is 13.6. The molecule has 1 fully saturated rings. The normalized spacial score (nSPS) is 15.6. The highest BCUT2D eigenvalue weighted by molar-refractivity contribution is 8.00. The van der Waals surface area contributed by atoms with E-state index in [9.17, 15) is 9.90 Å². The molecule has 3 N–H and O–H groups in total. The number of aryl methyl sites for hydroxylation is 2. The number of aromatic carboxylic acids is 1. The average molecular weight is 549 g/mol. The Balaban J connectivity index is 1.56. The molecule has 2 aromatic carbocycles. The first kappa shape index (κ1) is 28.9. The Morgan fingerprint density at radius 3 is 2.44 bits per heavy atom. The Kier molecular flexibility index (Phi) is 9.18. The summed E-state index contributed by atoms with van der Waals surface area (Å²) in [7, 11) is 0. The summed E-state index contributed by atoms with van der Waals surface area (Å²) in [6.07, 6.45) is 3.38. The van der Waals surface area contributed by atoms with Crippen molar-refractivity contribution in [2.24, 2.45) is 11.3 Å². The smallest absolute Gasteiger partial charge is 0.335 e. The van der Waals surface area contributed by atoms with E-state index >= 15 is 0 Å². The minimum atomic E-state index is -0.962. The number of rotatable bonds is 12. The lowest BCUT2D eigenvalue weighted by molar-refractivity contribution is 0.0696. The van der Waals surface area contributed by atoms with E-state index < -0.39 is 5.97 Å². The third kappa shape index (κ3) is 7.96. The first-order chi connectivity index (χ1) is 18.5.